The zero-order valence-electron chi connectivity index (χ0n) is 19.4. The Kier molecular flexibility index (Phi) is 7.46. The van der Waals surface area contributed by atoms with Gasteiger partial charge in [0.2, 0.25) is 15.9 Å². The zero-order valence-corrected chi connectivity index (χ0v) is 20.2. The Morgan fingerprint density at radius 3 is 2.19 bits per heavy atom. The quantitative estimate of drug-likeness (QED) is 0.650. The van der Waals surface area contributed by atoms with Crippen LogP contribution in [0.4, 0.5) is 0 Å². The third kappa shape index (κ3) is 5.07. The van der Waals surface area contributed by atoms with Crippen molar-refractivity contribution in [1.29, 1.82) is 0 Å². The van der Waals surface area contributed by atoms with Gasteiger partial charge in [0.15, 0.2) is 0 Å². The Labute approximate surface area is 190 Å². The monoisotopic (exact) mass is 467 g/mol. The van der Waals surface area contributed by atoms with Crippen molar-refractivity contribution in [3.63, 3.8) is 0 Å². The van der Waals surface area contributed by atoms with Gasteiger partial charge in [0.1, 0.15) is 10.6 Å². The summed E-state index contributed by atoms with van der Waals surface area (Å²) < 4.78 is 37.3. The van der Waals surface area contributed by atoms with E-state index < -0.39 is 10.0 Å². The highest BCUT2D eigenvalue weighted by Crippen LogP contribution is 2.29. The first kappa shape index (κ1) is 24.5. The highest BCUT2D eigenvalue weighted by molar-refractivity contribution is 7.89. The minimum Gasteiger partial charge on any atom is -0.495 e. The van der Waals surface area contributed by atoms with Gasteiger partial charge in [-0.2, -0.15) is 0 Å². The van der Waals surface area contributed by atoms with Gasteiger partial charge < -0.3 is 19.3 Å². The predicted molar refractivity (Wildman–Crippen MR) is 119 cm³/mol. The van der Waals surface area contributed by atoms with Crippen LogP contribution in [-0.4, -0.2) is 93.9 Å². The van der Waals surface area contributed by atoms with Crippen LogP contribution in [0.25, 0.3) is 0 Å². The molecular weight excluding hydrogens is 434 g/mol. The number of sulfonamides is 1. The van der Waals surface area contributed by atoms with Gasteiger partial charge in [-0.1, -0.05) is 0 Å². The number of carbonyl (C=O) groups is 2. The van der Waals surface area contributed by atoms with Gasteiger partial charge >= 0.3 is 0 Å². The molecule has 2 unspecified atom stereocenters. The lowest BCUT2D eigenvalue weighted by molar-refractivity contribution is -0.148. The fourth-order valence-corrected chi connectivity index (χ4v) is 5.41. The predicted octanol–water partition coefficient (Wildman–Crippen LogP) is 1.43. The molecule has 0 spiro atoms. The molecule has 0 aromatic heterocycles. The smallest absolute Gasteiger partial charge is 0.253 e. The normalized spacial score (nSPS) is 22.8. The standard InChI is InChI=1S/C22H33N3O6S/c1-15-13-25(14-16(2)31-15)21(26)17-8-10-24(11-9-17)22(27)18-6-7-19(30-5)20(12-18)32(28,29)23(3)4/h6-7,12,15-17H,8-11,13-14H2,1-5H3. The Morgan fingerprint density at radius 1 is 1.06 bits per heavy atom. The van der Waals surface area contributed by atoms with Crippen LogP contribution in [0.1, 0.15) is 37.0 Å². The molecule has 10 heteroatoms. The number of piperidine rings is 1. The maximum atomic E-state index is 13.1. The van der Waals surface area contributed by atoms with E-state index in [4.69, 9.17) is 9.47 Å². The number of nitrogens with zero attached hydrogens (tertiary/aromatic N) is 3. The Balaban J connectivity index is 1.68. The highest BCUT2D eigenvalue weighted by Gasteiger charge is 2.34. The van der Waals surface area contributed by atoms with Crippen LogP contribution in [0.3, 0.4) is 0 Å². The van der Waals surface area contributed by atoms with Crippen molar-refractivity contribution in [2.24, 2.45) is 5.92 Å². The van der Waals surface area contributed by atoms with Crippen LogP contribution in [0, 0.1) is 5.92 Å². The summed E-state index contributed by atoms with van der Waals surface area (Å²) in [7, 11) is 0.484. The summed E-state index contributed by atoms with van der Waals surface area (Å²) in [5.41, 5.74) is 0.284. The summed E-state index contributed by atoms with van der Waals surface area (Å²) in [6.45, 7) is 6.03. The SMILES string of the molecule is COc1ccc(C(=O)N2CCC(C(=O)N3CC(C)OC(C)C3)CC2)cc1S(=O)(=O)N(C)C. The van der Waals surface area contributed by atoms with Crippen LogP contribution < -0.4 is 4.74 Å². The molecule has 2 aliphatic heterocycles. The van der Waals surface area contributed by atoms with Crippen molar-refractivity contribution in [3.05, 3.63) is 23.8 Å². The third-order valence-electron chi connectivity index (χ3n) is 6.03. The van der Waals surface area contributed by atoms with Crippen molar-refractivity contribution in [2.45, 2.75) is 43.8 Å². The average molecular weight is 468 g/mol. The van der Waals surface area contributed by atoms with Crippen molar-refractivity contribution in [1.82, 2.24) is 14.1 Å². The molecule has 2 fully saturated rings. The highest BCUT2D eigenvalue weighted by atomic mass is 32.2. The van der Waals surface area contributed by atoms with Gasteiger partial charge in [0.05, 0.1) is 19.3 Å². The maximum absolute atomic E-state index is 13.1. The van der Waals surface area contributed by atoms with Crippen LogP contribution in [0.2, 0.25) is 0 Å². The minimum absolute atomic E-state index is 0.0204. The van der Waals surface area contributed by atoms with Gasteiger partial charge in [0, 0.05) is 51.8 Å². The van der Waals surface area contributed by atoms with E-state index in [9.17, 15) is 18.0 Å². The fourth-order valence-electron chi connectivity index (χ4n) is 4.34. The lowest BCUT2D eigenvalue weighted by atomic mass is 9.94. The first-order chi connectivity index (χ1) is 15.0. The minimum atomic E-state index is -3.77. The van der Waals surface area contributed by atoms with Crippen LogP contribution in [-0.2, 0) is 19.6 Å². The van der Waals surface area contributed by atoms with Gasteiger partial charge in [-0.05, 0) is 44.9 Å². The van der Waals surface area contributed by atoms with Crippen LogP contribution in [0.5, 0.6) is 5.75 Å². The van der Waals surface area contributed by atoms with Gasteiger partial charge in [-0.15, -0.1) is 0 Å². The molecule has 0 saturated carbocycles. The molecule has 2 saturated heterocycles. The van der Waals surface area contributed by atoms with E-state index in [-0.39, 0.29) is 46.1 Å². The second-order valence-corrected chi connectivity index (χ2v) is 10.8. The van der Waals surface area contributed by atoms with Crippen LogP contribution >= 0.6 is 0 Å². The number of ether oxygens (including phenoxy) is 2. The number of likely N-dealkylation sites (tertiary alicyclic amines) is 1. The lowest BCUT2D eigenvalue weighted by Gasteiger charge is -2.39. The third-order valence-corrected chi connectivity index (χ3v) is 7.87. The summed E-state index contributed by atoms with van der Waals surface area (Å²) >= 11 is 0. The van der Waals surface area contributed by atoms with E-state index >= 15 is 0 Å². The molecule has 9 nitrogen and oxygen atoms in total. The van der Waals surface area contributed by atoms with E-state index in [1.165, 1.54) is 33.3 Å². The molecule has 1 aromatic carbocycles. The number of carbonyl (C=O) groups excluding carboxylic acids is 2. The average Bonchev–Trinajstić information content (AvgIpc) is 2.77. The van der Waals surface area contributed by atoms with Crippen molar-refractivity contribution >= 4 is 21.8 Å². The molecule has 0 radical (unpaired) electrons. The van der Waals surface area contributed by atoms with Gasteiger partial charge in [-0.25, -0.2) is 12.7 Å². The molecule has 1 aromatic rings. The Bertz CT molecular complexity index is 946. The van der Waals surface area contributed by atoms with E-state index in [1.54, 1.807) is 11.0 Å². The largest absolute Gasteiger partial charge is 0.495 e. The molecule has 2 atom stereocenters. The molecule has 2 aliphatic rings. The summed E-state index contributed by atoms with van der Waals surface area (Å²) in [6.07, 6.45) is 1.21. The Morgan fingerprint density at radius 2 is 1.66 bits per heavy atom. The number of hydrogen-bond acceptors (Lipinski definition) is 6. The number of benzene rings is 1. The molecule has 0 aliphatic carbocycles. The number of methoxy groups -OCH3 is 1. The number of hydrogen-bond donors (Lipinski definition) is 0. The fraction of sp³-hybridized carbons (Fsp3) is 0.636. The summed E-state index contributed by atoms with van der Waals surface area (Å²) in [5, 5.41) is 0. The molecule has 3 rings (SSSR count). The summed E-state index contributed by atoms with van der Waals surface area (Å²) in [6, 6.07) is 4.44. The topological polar surface area (TPSA) is 96.5 Å². The van der Waals surface area contributed by atoms with Crippen LogP contribution in [0.15, 0.2) is 23.1 Å². The molecule has 2 heterocycles. The van der Waals surface area contributed by atoms with E-state index in [2.05, 4.69) is 0 Å². The van der Waals surface area contributed by atoms with E-state index in [0.29, 0.717) is 39.0 Å². The number of morpholine rings is 1. The molecule has 2 amide bonds. The second-order valence-electron chi connectivity index (χ2n) is 8.72. The van der Waals surface area contributed by atoms with Gasteiger partial charge in [0.25, 0.3) is 5.91 Å². The number of rotatable bonds is 5. The lowest BCUT2D eigenvalue weighted by Crippen LogP contribution is -2.51. The molecular formula is C22H33N3O6S. The maximum Gasteiger partial charge on any atom is 0.253 e. The van der Waals surface area contributed by atoms with Gasteiger partial charge in [-0.3, -0.25) is 9.59 Å². The van der Waals surface area contributed by atoms with Crippen molar-refractivity contribution in [2.75, 3.05) is 47.4 Å². The molecule has 178 valence electrons. The molecule has 0 bridgehead atoms. The molecule has 0 N–H and O–H groups in total. The summed E-state index contributed by atoms with van der Waals surface area (Å²) in [4.78, 5) is 29.6. The first-order valence-corrected chi connectivity index (χ1v) is 12.3. The second kappa shape index (κ2) is 9.76. The molecule has 32 heavy (non-hydrogen) atoms. The summed E-state index contributed by atoms with van der Waals surface area (Å²) in [5.74, 6) is -0.0455. The first-order valence-electron chi connectivity index (χ1n) is 10.9. The van der Waals surface area contributed by atoms with E-state index in [0.717, 1.165) is 4.31 Å². The zero-order chi connectivity index (χ0) is 23.6. The number of amides is 2. The van der Waals surface area contributed by atoms with E-state index in [1.807, 2.05) is 18.7 Å². The van der Waals surface area contributed by atoms with Crippen molar-refractivity contribution in [3.8, 4) is 5.75 Å². The Hall–Kier alpha value is -2.17. The van der Waals surface area contributed by atoms with Crippen molar-refractivity contribution < 1.29 is 27.5 Å².